The van der Waals surface area contributed by atoms with Crippen LogP contribution < -0.4 is 5.73 Å². The van der Waals surface area contributed by atoms with Gasteiger partial charge in [0.2, 0.25) is 0 Å². The highest BCUT2D eigenvalue weighted by molar-refractivity contribution is 7.99. The lowest BCUT2D eigenvalue weighted by atomic mass is 10.1. The van der Waals surface area contributed by atoms with Crippen molar-refractivity contribution in [3.05, 3.63) is 0 Å². The Balaban J connectivity index is 0.00000121. The summed E-state index contributed by atoms with van der Waals surface area (Å²) < 4.78 is 0. The molecule has 1 aliphatic rings. The zero-order valence-electron chi connectivity index (χ0n) is 7.06. The molecule has 2 N–H and O–H groups in total. The first kappa shape index (κ1) is 11.9. The van der Waals surface area contributed by atoms with Gasteiger partial charge in [-0.1, -0.05) is 0 Å². The minimum atomic E-state index is -0.0696. The van der Waals surface area contributed by atoms with Crippen LogP contribution in [-0.4, -0.2) is 36.1 Å². The van der Waals surface area contributed by atoms with Gasteiger partial charge < -0.3 is 5.73 Å². The molecule has 3 nitrogen and oxygen atoms in total. The maximum atomic E-state index is 5.36. The summed E-state index contributed by atoms with van der Waals surface area (Å²) >= 11 is 1.82. The maximum absolute atomic E-state index is 5.36. The molecule has 0 aromatic rings. The number of aliphatic imine (C=N–C) groups is 2. The zero-order valence-corrected chi connectivity index (χ0v) is 8.70. The third-order valence-electron chi connectivity index (χ3n) is 1.43. The number of nitrogens with two attached hydrogens (primary N) is 1. The van der Waals surface area contributed by atoms with Crippen molar-refractivity contribution in [2.75, 3.05) is 18.1 Å². The van der Waals surface area contributed by atoms with Crippen LogP contribution in [0.5, 0.6) is 0 Å². The average Bonchev–Trinajstić information content (AvgIpc) is 2.38. The van der Waals surface area contributed by atoms with Crippen LogP contribution in [0.4, 0.5) is 0 Å². The van der Waals surface area contributed by atoms with E-state index in [0.717, 1.165) is 18.1 Å². The first-order chi connectivity index (χ1) is 5.27. The fourth-order valence-corrected chi connectivity index (χ4v) is 1.70. The fourth-order valence-electron chi connectivity index (χ4n) is 0.829. The predicted molar refractivity (Wildman–Crippen MR) is 59.0 cm³/mol. The van der Waals surface area contributed by atoms with Crippen molar-refractivity contribution in [1.82, 2.24) is 0 Å². The zero-order chi connectivity index (χ0) is 8.16. The molecule has 0 bridgehead atoms. The van der Waals surface area contributed by atoms with Crippen molar-refractivity contribution in [3.8, 4) is 0 Å². The van der Waals surface area contributed by atoms with E-state index >= 15 is 0 Å². The summed E-state index contributed by atoms with van der Waals surface area (Å²) in [7, 11) is 0. The van der Waals surface area contributed by atoms with Crippen LogP contribution in [0.25, 0.3) is 0 Å². The molecule has 0 aromatic carbocycles. The molecule has 1 rings (SSSR count). The molecule has 0 saturated carbocycles. The van der Waals surface area contributed by atoms with E-state index in [1.807, 2.05) is 18.0 Å². The van der Waals surface area contributed by atoms with Gasteiger partial charge in [0.05, 0.1) is 0 Å². The molecule has 0 aliphatic carbocycles. The van der Waals surface area contributed by atoms with Crippen molar-refractivity contribution in [2.45, 2.75) is 12.5 Å². The summed E-state index contributed by atoms with van der Waals surface area (Å²) in [5.41, 5.74) is 5.29. The van der Waals surface area contributed by atoms with Crippen molar-refractivity contribution in [1.29, 1.82) is 0 Å². The Morgan fingerprint density at radius 3 is 2.83 bits per heavy atom. The third-order valence-corrected chi connectivity index (χ3v) is 2.74. The molecule has 5 heteroatoms. The van der Waals surface area contributed by atoms with E-state index in [2.05, 4.69) is 16.9 Å². The number of halogens is 1. The van der Waals surface area contributed by atoms with Crippen LogP contribution in [0.15, 0.2) is 9.98 Å². The number of nitrogens with zero attached hydrogens (tertiary/aromatic N) is 2. The van der Waals surface area contributed by atoms with Crippen LogP contribution in [0.2, 0.25) is 0 Å². The van der Waals surface area contributed by atoms with E-state index in [-0.39, 0.29) is 17.9 Å². The van der Waals surface area contributed by atoms with Crippen LogP contribution >= 0.6 is 24.2 Å². The highest BCUT2D eigenvalue weighted by Crippen LogP contribution is 2.17. The summed E-state index contributed by atoms with van der Waals surface area (Å²) in [4.78, 5) is 8.18. The number of rotatable bonds is 4. The Bertz CT molecular complexity index is 169. The van der Waals surface area contributed by atoms with Crippen LogP contribution in [-0.2, 0) is 0 Å². The molecule has 1 heterocycles. The molecule has 1 aliphatic heterocycles. The lowest BCUT2D eigenvalue weighted by Gasteiger charge is -2.15. The number of hydrogen-bond acceptors (Lipinski definition) is 4. The van der Waals surface area contributed by atoms with Gasteiger partial charge in [0.15, 0.2) is 0 Å². The van der Waals surface area contributed by atoms with Gasteiger partial charge in [-0.3, -0.25) is 4.99 Å². The molecule has 70 valence electrons. The second-order valence-electron chi connectivity index (χ2n) is 2.72. The third kappa shape index (κ3) is 3.56. The minimum absolute atomic E-state index is 0. The summed E-state index contributed by atoms with van der Waals surface area (Å²) in [5.74, 6) is 1.98. The smallest absolute Gasteiger partial charge is 0.110 e. The molecular formula is C7H14ClN3S. The molecule has 0 radical (unpaired) electrons. The van der Waals surface area contributed by atoms with Gasteiger partial charge in [-0.25, -0.2) is 4.99 Å². The lowest BCUT2D eigenvalue weighted by molar-refractivity contribution is 0.746. The normalized spacial score (nSPS) is 25.8. The lowest BCUT2D eigenvalue weighted by Crippen LogP contribution is -2.25. The van der Waals surface area contributed by atoms with E-state index in [9.17, 15) is 0 Å². The molecular weight excluding hydrogens is 194 g/mol. The van der Waals surface area contributed by atoms with E-state index in [1.54, 1.807) is 6.34 Å². The first-order valence-electron chi connectivity index (χ1n) is 3.63. The van der Waals surface area contributed by atoms with Gasteiger partial charge in [-0.15, -0.1) is 12.4 Å². The van der Waals surface area contributed by atoms with Crippen molar-refractivity contribution in [2.24, 2.45) is 15.7 Å². The van der Waals surface area contributed by atoms with Gasteiger partial charge in [-0.2, -0.15) is 11.8 Å². The van der Waals surface area contributed by atoms with Crippen molar-refractivity contribution >= 4 is 36.7 Å². The summed E-state index contributed by atoms with van der Waals surface area (Å²) in [6.07, 6.45) is 3.50. The maximum Gasteiger partial charge on any atom is 0.110 e. The standard InChI is InChI=1S/C7H13N3S.ClH/c1-7(4-9-6-10-7)5-11-3-2-8;/h4,6H,2-3,5,8H2,1H3;1H. The van der Waals surface area contributed by atoms with Gasteiger partial charge in [-0.05, 0) is 6.92 Å². The second kappa shape index (κ2) is 5.56. The summed E-state index contributed by atoms with van der Waals surface area (Å²) in [6.45, 7) is 2.81. The Labute approximate surface area is 83.3 Å². The SMILES string of the molecule is CC1(CSCCN)C=NC=N1.Cl. The molecule has 1 atom stereocenters. The summed E-state index contributed by atoms with van der Waals surface area (Å²) in [6, 6.07) is 0. The Kier molecular flexibility index (Phi) is 5.53. The van der Waals surface area contributed by atoms with E-state index in [1.165, 1.54) is 0 Å². The minimum Gasteiger partial charge on any atom is -0.330 e. The van der Waals surface area contributed by atoms with E-state index in [4.69, 9.17) is 5.73 Å². The van der Waals surface area contributed by atoms with E-state index < -0.39 is 0 Å². The largest absolute Gasteiger partial charge is 0.330 e. The van der Waals surface area contributed by atoms with E-state index in [0.29, 0.717) is 0 Å². The highest BCUT2D eigenvalue weighted by atomic mass is 35.5. The Morgan fingerprint density at radius 2 is 2.33 bits per heavy atom. The number of hydrogen-bond donors (Lipinski definition) is 1. The topological polar surface area (TPSA) is 50.7 Å². The van der Waals surface area contributed by atoms with Crippen LogP contribution in [0, 0.1) is 0 Å². The molecule has 0 aromatic heterocycles. The van der Waals surface area contributed by atoms with Gasteiger partial charge >= 0.3 is 0 Å². The first-order valence-corrected chi connectivity index (χ1v) is 4.78. The molecule has 12 heavy (non-hydrogen) atoms. The highest BCUT2D eigenvalue weighted by Gasteiger charge is 2.21. The fraction of sp³-hybridized carbons (Fsp3) is 0.714. The number of thioether (sulfide) groups is 1. The molecule has 0 fully saturated rings. The molecule has 0 spiro atoms. The Hall–Kier alpha value is -0.0600. The monoisotopic (exact) mass is 207 g/mol. The quantitative estimate of drug-likeness (QED) is 0.699. The average molecular weight is 208 g/mol. The molecule has 1 unspecified atom stereocenters. The molecule has 0 saturated heterocycles. The molecule has 0 amide bonds. The second-order valence-corrected chi connectivity index (χ2v) is 3.83. The van der Waals surface area contributed by atoms with Gasteiger partial charge in [0, 0.05) is 24.3 Å². The predicted octanol–water partition coefficient (Wildman–Crippen LogP) is 0.972. The summed E-state index contributed by atoms with van der Waals surface area (Å²) in [5, 5.41) is 0. The van der Waals surface area contributed by atoms with Crippen molar-refractivity contribution in [3.63, 3.8) is 0 Å². The van der Waals surface area contributed by atoms with Crippen LogP contribution in [0.3, 0.4) is 0 Å². The van der Waals surface area contributed by atoms with Crippen molar-refractivity contribution < 1.29 is 0 Å². The van der Waals surface area contributed by atoms with Crippen LogP contribution in [0.1, 0.15) is 6.92 Å². The van der Waals surface area contributed by atoms with Gasteiger partial charge in [0.1, 0.15) is 11.9 Å². The van der Waals surface area contributed by atoms with Gasteiger partial charge in [0.25, 0.3) is 0 Å². The Morgan fingerprint density at radius 1 is 1.58 bits per heavy atom.